The number of ether oxygens (including phenoxy) is 2. The van der Waals surface area contributed by atoms with Gasteiger partial charge < -0.3 is 9.47 Å². The van der Waals surface area contributed by atoms with Crippen molar-refractivity contribution in [1.29, 1.82) is 5.26 Å². The molecular formula is C19H18F3NO3. The van der Waals surface area contributed by atoms with E-state index >= 15 is 0 Å². The zero-order valence-electron chi connectivity index (χ0n) is 14.5. The Hall–Kier alpha value is -2.59. The van der Waals surface area contributed by atoms with Gasteiger partial charge in [0.1, 0.15) is 11.9 Å². The van der Waals surface area contributed by atoms with Crippen LogP contribution in [0.3, 0.4) is 0 Å². The van der Waals surface area contributed by atoms with Crippen LogP contribution in [-0.2, 0) is 9.53 Å². The third-order valence-corrected chi connectivity index (χ3v) is 4.34. The molecule has 0 N–H and O–H groups in total. The Balaban J connectivity index is 2.49. The SMILES string of the molecule is COc1ccc2cccc(C(C)C(OC)C(=O)C(C#N)C(F)(F)F)c2c1. The number of rotatable bonds is 6. The first kappa shape index (κ1) is 19.7. The Kier molecular flexibility index (Phi) is 5.88. The van der Waals surface area contributed by atoms with Crippen molar-refractivity contribution >= 4 is 16.6 Å². The average Bonchev–Trinajstić information content (AvgIpc) is 2.60. The van der Waals surface area contributed by atoms with E-state index in [-0.39, 0.29) is 0 Å². The summed E-state index contributed by atoms with van der Waals surface area (Å²) in [4.78, 5) is 12.3. The minimum Gasteiger partial charge on any atom is -0.497 e. The van der Waals surface area contributed by atoms with E-state index in [2.05, 4.69) is 0 Å². The third kappa shape index (κ3) is 3.81. The largest absolute Gasteiger partial charge is 0.497 e. The molecule has 138 valence electrons. The Morgan fingerprint density at radius 1 is 1.19 bits per heavy atom. The van der Waals surface area contributed by atoms with E-state index < -0.39 is 29.9 Å². The Bertz CT molecular complexity index is 842. The molecule has 2 rings (SSSR count). The summed E-state index contributed by atoms with van der Waals surface area (Å²) < 4.78 is 49.2. The minimum absolute atomic E-state index is 0.586. The number of carbonyl (C=O) groups is 1. The van der Waals surface area contributed by atoms with Crippen molar-refractivity contribution < 1.29 is 27.4 Å². The number of hydrogen-bond donors (Lipinski definition) is 0. The van der Waals surface area contributed by atoms with Crippen LogP contribution in [0.15, 0.2) is 36.4 Å². The van der Waals surface area contributed by atoms with E-state index in [1.165, 1.54) is 7.11 Å². The summed E-state index contributed by atoms with van der Waals surface area (Å²) in [5.74, 6) is -4.13. The molecule has 0 aromatic heterocycles. The monoisotopic (exact) mass is 365 g/mol. The van der Waals surface area contributed by atoms with Gasteiger partial charge in [-0.1, -0.05) is 31.2 Å². The van der Waals surface area contributed by atoms with Crippen LogP contribution < -0.4 is 4.74 Å². The molecule has 2 aromatic carbocycles. The lowest BCUT2D eigenvalue weighted by Gasteiger charge is -2.25. The van der Waals surface area contributed by atoms with Crippen LogP contribution in [0.2, 0.25) is 0 Å². The van der Waals surface area contributed by atoms with Gasteiger partial charge in [0, 0.05) is 13.0 Å². The maximum atomic E-state index is 13.0. The van der Waals surface area contributed by atoms with Crippen molar-refractivity contribution in [3.8, 4) is 11.8 Å². The maximum absolute atomic E-state index is 13.0. The molecule has 0 radical (unpaired) electrons. The van der Waals surface area contributed by atoms with Gasteiger partial charge in [0.25, 0.3) is 0 Å². The zero-order valence-corrected chi connectivity index (χ0v) is 14.5. The van der Waals surface area contributed by atoms with E-state index in [4.69, 9.17) is 14.7 Å². The molecule has 0 aliphatic rings. The summed E-state index contributed by atoms with van der Waals surface area (Å²) >= 11 is 0. The van der Waals surface area contributed by atoms with Gasteiger partial charge in [-0.25, -0.2) is 0 Å². The first-order valence-electron chi connectivity index (χ1n) is 7.84. The first-order valence-corrected chi connectivity index (χ1v) is 7.84. The smallest absolute Gasteiger partial charge is 0.411 e. The molecule has 7 heteroatoms. The van der Waals surface area contributed by atoms with Gasteiger partial charge in [0.15, 0.2) is 5.78 Å². The number of hydrogen-bond acceptors (Lipinski definition) is 4. The van der Waals surface area contributed by atoms with Crippen LogP contribution in [0.25, 0.3) is 10.8 Å². The number of carbonyl (C=O) groups excluding carboxylic acids is 1. The lowest BCUT2D eigenvalue weighted by atomic mass is 9.85. The van der Waals surface area contributed by atoms with Gasteiger partial charge in [0.2, 0.25) is 5.92 Å². The molecular weight excluding hydrogens is 347 g/mol. The van der Waals surface area contributed by atoms with Crippen molar-refractivity contribution in [2.75, 3.05) is 14.2 Å². The summed E-state index contributed by atoms with van der Waals surface area (Å²) in [5, 5.41) is 10.4. The van der Waals surface area contributed by atoms with E-state index in [1.54, 1.807) is 31.2 Å². The summed E-state index contributed by atoms with van der Waals surface area (Å²) in [5.41, 5.74) is 0.639. The number of alkyl halides is 3. The molecule has 0 amide bonds. The molecule has 0 bridgehead atoms. The molecule has 0 saturated carbocycles. The zero-order chi connectivity index (χ0) is 19.5. The van der Waals surface area contributed by atoms with E-state index in [0.29, 0.717) is 11.3 Å². The van der Waals surface area contributed by atoms with Crippen LogP contribution in [-0.4, -0.2) is 32.3 Å². The molecule has 0 aliphatic heterocycles. The van der Waals surface area contributed by atoms with Gasteiger partial charge in [-0.2, -0.15) is 18.4 Å². The maximum Gasteiger partial charge on any atom is 0.411 e. The number of Topliss-reactive ketones (excluding diaryl/α,β-unsaturated/α-hetero) is 1. The highest BCUT2D eigenvalue weighted by Crippen LogP contribution is 2.35. The van der Waals surface area contributed by atoms with Crippen LogP contribution in [0.1, 0.15) is 18.4 Å². The van der Waals surface area contributed by atoms with Crippen molar-refractivity contribution in [2.45, 2.75) is 25.1 Å². The second-order valence-electron chi connectivity index (χ2n) is 5.89. The van der Waals surface area contributed by atoms with Gasteiger partial charge in [-0.15, -0.1) is 0 Å². The highest BCUT2D eigenvalue weighted by Gasteiger charge is 2.48. The van der Waals surface area contributed by atoms with Gasteiger partial charge in [-0.3, -0.25) is 4.79 Å². The van der Waals surface area contributed by atoms with Crippen molar-refractivity contribution in [1.82, 2.24) is 0 Å². The van der Waals surface area contributed by atoms with Gasteiger partial charge in [0.05, 0.1) is 13.2 Å². The molecule has 3 unspecified atom stereocenters. The number of benzene rings is 2. The molecule has 3 atom stereocenters. The number of fused-ring (bicyclic) bond motifs is 1. The third-order valence-electron chi connectivity index (χ3n) is 4.34. The summed E-state index contributed by atoms with van der Waals surface area (Å²) in [7, 11) is 2.67. The minimum atomic E-state index is -4.94. The summed E-state index contributed by atoms with van der Waals surface area (Å²) in [6.45, 7) is 1.60. The highest BCUT2D eigenvalue weighted by molar-refractivity contribution is 5.92. The Labute approximate surface area is 149 Å². The van der Waals surface area contributed by atoms with Crippen LogP contribution >= 0.6 is 0 Å². The number of nitriles is 1. The second kappa shape index (κ2) is 7.75. The van der Waals surface area contributed by atoms with Crippen LogP contribution in [0, 0.1) is 17.2 Å². The quantitative estimate of drug-likeness (QED) is 0.768. The molecule has 0 saturated heterocycles. The van der Waals surface area contributed by atoms with Crippen LogP contribution in [0.5, 0.6) is 5.75 Å². The number of halogens is 3. The van der Waals surface area contributed by atoms with Gasteiger partial charge >= 0.3 is 6.18 Å². The van der Waals surface area contributed by atoms with Gasteiger partial charge in [-0.05, 0) is 28.5 Å². The molecule has 0 fully saturated rings. The molecule has 26 heavy (non-hydrogen) atoms. The Morgan fingerprint density at radius 3 is 2.42 bits per heavy atom. The number of nitrogens with zero attached hydrogens (tertiary/aromatic N) is 1. The second-order valence-corrected chi connectivity index (χ2v) is 5.89. The molecule has 2 aromatic rings. The normalized spacial score (nSPS) is 15.1. The lowest BCUT2D eigenvalue weighted by molar-refractivity contribution is -0.176. The topological polar surface area (TPSA) is 59.3 Å². The fraction of sp³-hybridized carbons (Fsp3) is 0.368. The summed E-state index contributed by atoms with van der Waals surface area (Å²) in [6.07, 6.45) is -6.34. The molecule has 0 aliphatic carbocycles. The fourth-order valence-corrected chi connectivity index (χ4v) is 2.99. The summed E-state index contributed by atoms with van der Waals surface area (Å²) in [6, 6.07) is 11.7. The van der Waals surface area contributed by atoms with E-state index in [0.717, 1.165) is 24.0 Å². The predicted octanol–water partition coefficient (Wildman–Crippen LogP) is 4.24. The number of methoxy groups -OCH3 is 2. The standard InChI is InChI=1S/C19H18F3NO3/c1-11(18(26-3)17(24)16(10-23)19(20,21)22)14-6-4-5-12-7-8-13(25-2)9-15(12)14/h4-9,11,16,18H,1-3H3. The molecule has 0 heterocycles. The van der Waals surface area contributed by atoms with Crippen LogP contribution in [0.4, 0.5) is 13.2 Å². The van der Waals surface area contributed by atoms with E-state index in [9.17, 15) is 18.0 Å². The molecule has 0 spiro atoms. The first-order chi connectivity index (χ1) is 12.2. The lowest BCUT2D eigenvalue weighted by Crippen LogP contribution is -2.40. The predicted molar refractivity (Wildman–Crippen MR) is 89.9 cm³/mol. The fourth-order valence-electron chi connectivity index (χ4n) is 2.99. The van der Waals surface area contributed by atoms with Crippen molar-refractivity contribution in [2.24, 2.45) is 5.92 Å². The highest BCUT2D eigenvalue weighted by atomic mass is 19.4. The number of ketones is 1. The van der Waals surface area contributed by atoms with Crippen molar-refractivity contribution in [3.05, 3.63) is 42.0 Å². The average molecular weight is 365 g/mol. The van der Waals surface area contributed by atoms with Crippen molar-refractivity contribution in [3.63, 3.8) is 0 Å². The van der Waals surface area contributed by atoms with E-state index in [1.807, 2.05) is 12.1 Å². The Morgan fingerprint density at radius 2 is 1.88 bits per heavy atom. The molecule has 4 nitrogen and oxygen atoms in total.